The van der Waals surface area contributed by atoms with Gasteiger partial charge in [-0.2, -0.15) is 0 Å². The molecular weight excluding hydrogens is 334 g/mol. The maximum absolute atomic E-state index is 12.4. The van der Waals surface area contributed by atoms with Crippen molar-refractivity contribution in [1.29, 1.82) is 0 Å². The topological polar surface area (TPSA) is 57.0 Å². The second kappa shape index (κ2) is 7.53. The number of ketones is 1. The molecule has 0 fully saturated rings. The average molecular weight is 353 g/mol. The minimum absolute atomic E-state index is 0.0269. The number of benzene rings is 2. The van der Waals surface area contributed by atoms with Gasteiger partial charge < -0.3 is 4.74 Å². The van der Waals surface area contributed by atoms with Crippen molar-refractivity contribution in [1.82, 2.24) is 14.8 Å². The van der Waals surface area contributed by atoms with Gasteiger partial charge in [0.2, 0.25) is 0 Å². The van der Waals surface area contributed by atoms with Crippen LogP contribution in [0.1, 0.15) is 21.5 Å². The second-order valence-corrected chi connectivity index (χ2v) is 6.66. The zero-order valence-electron chi connectivity index (χ0n) is 14.4. The Morgan fingerprint density at radius 3 is 2.80 bits per heavy atom. The molecule has 0 atom stereocenters. The van der Waals surface area contributed by atoms with Gasteiger partial charge in [0.05, 0.1) is 18.6 Å². The number of hydrogen-bond donors (Lipinski definition) is 0. The van der Waals surface area contributed by atoms with Crippen LogP contribution in [0, 0.1) is 13.8 Å². The standard InChI is InChI=1S/C19H19N3O2S/c1-13-7-8-17(14(2)9-13)22-12-20-21-19(22)25-11-18(23)15-5-4-6-16(10-15)24-3/h4-10,12H,11H2,1-3H3. The summed E-state index contributed by atoms with van der Waals surface area (Å²) in [6.07, 6.45) is 1.68. The van der Waals surface area contributed by atoms with E-state index in [1.165, 1.54) is 17.3 Å². The Labute approximate surface area is 151 Å². The van der Waals surface area contributed by atoms with Crippen LogP contribution in [-0.4, -0.2) is 33.4 Å². The van der Waals surface area contributed by atoms with Crippen LogP contribution in [-0.2, 0) is 0 Å². The summed E-state index contributed by atoms with van der Waals surface area (Å²) in [6, 6.07) is 13.4. The van der Waals surface area contributed by atoms with Gasteiger partial charge in [-0.25, -0.2) is 0 Å². The van der Waals surface area contributed by atoms with Gasteiger partial charge in [0.25, 0.3) is 0 Å². The molecule has 0 amide bonds. The minimum Gasteiger partial charge on any atom is -0.497 e. The number of Topliss-reactive ketones (excluding diaryl/α,β-unsaturated/α-hetero) is 1. The molecule has 3 rings (SSSR count). The minimum atomic E-state index is 0.0269. The summed E-state index contributed by atoms with van der Waals surface area (Å²) in [5, 5.41) is 8.85. The summed E-state index contributed by atoms with van der Waals surface area (Å²) >= 11 is 1.38. The van der Waals surface area contributed by atoms with Gasteiger partial charge in [-0.15, -0.1) is 10.2 Å². The fourth-order valence-corrected chi connectivity index (χ4v) is 3.39. The first-order valence-electron chi connectivity index (χ1n) is 7.86. The van der Waals surface area contributed by atoms with Gasteiger partial charge in [0, 0.05) is 5.56 Å². The van der Waals surface area contributed by atoms with E-state index in [0.29, 0.717) is 16.5 Å². The fraction of sp³-hybridized carbons (Fsp3) is 0.211. The van der Waals surface area contributed by atoms with E-state index in [4.69, 9.17) is 4.74 Å². The molecule has 0 radical (unpaired) electrons. The van der Waals surface area contributed by atoms with E-state index in [1.807, 2.05) is 22.8 Å². The van der Waals surface area contributed by atoms with Crippen LogP contribution in [0.3, 0.4) is 0 Å². The number of ether oxygens (including phenoxy) is 1. The van der Waals surface area contributed by atoms with Crippen molar-refractivity contribution in [2.24, 2.45) is 0 Å². The highest BCUT2D eigenvalue weighted by molar-refractivity contribution is 7.99. The molecule has 0 saturated carbocycles. The molecule has 3 aromatic rings. The molecule has 2 aromatic carbocycles. The first kappa shape index (κ1) is 17.2. The number of aromatic nitrogens is 3. The van der Waals surface area contributed by atoms with E-state index in [-0.39, 0.29) is 11.5 Å². The van der Waals surface area contributed by atoms with Gasteiger partial charge in [0.15, 0.2) is 10.9 Å². The van der Waals surface area contributed by atoms with Crippen LogP contribution in [0.4, 0.5) is 0 Å². The predicted molar refractivity (Wildman–Crippen MR) is 98.9 cm³/mol. The first-order chi connectivity index (χ1) is 12.1. The number of carbonyl (C=O) groups is 1. The molecule has 0 bridgehead atoms. The van der Waals surface area contributed by atoms with Crippen molar-refractivity contribution < 1.29 is 9.53 Å². The monoisotopic (exact) mass is 353 g/mol. The van der Waals surface area contributed by atoms with E-state index in [1.54, 1.807) is 25.6 Å². The van der Waals surface area contributed by atoms with Crippen LogP contribution in [0.2, 0.25) is 0 Å². The Balaban J connectivity index is 1.76. The smallest absolute Gasteiger partial charge is 0.196 e. The highest BCUT2D eigenvalue weighted by Crippen LogP contribution is 2.24. The molecule has 0 spiro atoms. The number of aryl methyl sites for hydroxylation is 2. The zero-order valence-corrected chi connectivity index (χ0v) is 15.2. The Bertz CT molecular complexity index is 905. The number of hydrogen-bond acceptors (Lipinski definition) is 5. The van der Waals surface area contributed by atoms with E-state index in [0.717, 1.165) is 11.3 Å². The van der Waals surface area contributed by atoms with Crippen molar-refractivity contribution in [3.05, 3.63) is 65.5 Å². The van der Waals surface area contributed by atoms with Crippen LogP contribution >= 0.6 is 11.8 Å². The van der Waals surface area contributed by atoms with E-state index in [9.17, 15) is 4.79 Å². The van der Waals surface area contributed by atoms with Crippen molar-refractivity contribution in [2.45, 2.75) is 19.0 Å². The number of methoxy groups -OCH3 is 1. The van der Waals surface area contributed by atoms with Crippen LogP contribution in [0.25, 0.3) is 5.69 Å². The molecule has 25 heavy (non-hydrogen) atoms. The van der Waals surface area contributed by atoms with Crippen LogP contribution in [0.15, 0.2) is 53.9 Å². The Kier molecular flexibility index (Phi) is 5.19. The van der Waals surface area contributed by atoms with Crippen molar-refractivity contribution in [3.63, 3.8) is 0 Å². The number of rotatable bonds is 6. The molecule has 128 valence electrons. The van der Waals surface area contributed by atoms with Gasteiger partial charge in [-0.1, -0.05) is 41.6 Å². The highest BCUT2D eigenvalue weighted by Gasteiger charge is 2.13. The summed E-state index contributed by atoms with van der Waals surface area (Å²) in [5.41, 5.74) is 3.99. The van der Waals surface area contributed by atoms with Crippen molar-refractivity contribution >= 4 is 17.5 Å². The van der Waals surface area contributed by atoms with Crippen molar-refractivity contribution in [3.8, 4) is 11.4 Å². The molecule has 6 heteroatoms. The van der Waals surface area contributed by atoms with E-state index >= 15 is 0 Å². The Morgan fingerprint density at radius 2 is 2.04 bits per heavy atom. The van der Waals surface area contributed by atoms with Gasteiger partial charge in [-0.05, 0) is 37.6 Å². The number of thioether (sulfide) groups is 1. The molecule has 0 N–H and O–H groups in total. The highest BCUT2D eigenvalue weighted by atomic mass is 32.2. The molecule has 5 nitrogen and oxygen atoms in total. The predicted octanol–water partition coefficient (Wildman–Crippen LogP) is 3.87. The lowest BCUT2D eigenvalue weighted by Crippen LogP contribution is -2.05. The normalized spacial score (nSPS) is 10.7. The third kappa shape index (κ3) is 3.91. The summed E-state index contributed by atoms with van der Waals surface area (Å²) in [6.45, 7) is 4.11. The Hall–Kier alpha value is -2.60. The van der Waals surface area contributed by atoms with E-state index in [2.05, 4.69) is 36.2 Å². The molecule has 1 aromatic heterocycles. The summed E-state index contributed by atoms with van der Waals surface area (Å²) in [5.74, 6) is 0.991. The fourth-order valence-electron chi connectivity index (χ4n) is 2.57. The zero-order chi connectivity index (χ0) is 17.8. The van der Waals surface area contributed by atoms with Crippen LogP contribution in [0.5, 0.6) is 5.75 Å². The first-order valence-corrected chi connectivity index (χ1v) is 8.85. The van der Waals surface area contributed by atoms with E-state index < -0.39 is 0 Å². The number of nitrogens with zero attached hydrogens (tertiary/aromatic N) is 3. The lowest BCUT2D eigenvalue weighted by atomic mass is 10.1. The summed E-state index contributed by atoms with van der Waals surface area (Å²) in [7, 11) is 1.59. The molecule has 1 heterocycles. The largest absolute Gasteiger partial charge is 0.497 e. The quantitative estimate of drug-likeness (QED) is 0.497. The SMILES string of the molecule is COc1cccc(C(=O)CSc2nncn2-c2ccc(C)cc2C)c1. The van der Waals surface area contributed by atoms with Gasteiger partial charge >= 0.3 is 0 Å². The molecular formula is C19H19N3O2S. The third-order valence-electron chi connectivity index (χ3n) is 3.85. The number of carbonyl (C=O) groups excluding carboxylic acids is 1. The molecule has 0 saturated heterocycles. The lowest BCUT2D eigenvalue weighted by molar-refractivity contribution is 0.102. The summed E-state index contributed by atoms with van der Waals surface area (Å²) < 4.78 is 7.08. The molecule has 0 aliphatic rings. The lowest BCUT2D eigenvalue weighted by Gasteiger charge is -2.10. The maximum Gasteiger partial charge on any atom is 0.196 e. The van der Waals surface area contributed by atoms with Crippen LogP contribution < -0.4 is 4.74 Å². The maximum atomic E-state index is 12.4. The van der Waals surface area contributed by atoms with Gasteiger partial charge in [0.1, 0.15) is 12.1 Å². The molecule has 0 unspecified atom stereocenters. The summed E-state index contributed by atoms with van der Waals surface area (Å²) in [4.78, 5) is 12.4. The second-order valence-electron chi connectivity index (χ2n) is 5.72. The molecule has 0 aliphatic carbocycles. The average Bonchev–Trinajstić information content (AvgIpc) is 3.08. The molecule has 0 aliphatic heterocycles. The van der Waals surface area contributed by atoms with Gasteiger partial charge in [-0.3, -0.25) is 9.36 Å². The third-order valence-corrected chi connectivity index (χ3v) is 4.80. The van der Waals surface area contributed by atoms with Crippen molar-refractivity contribution in [2.75, 3.05) is 12.9 Å². The Morgan fingerprint density at radius 1 is 1.20 bits per heavy atom.